The molecule has 1 amide bonds. The molecule has 0 spiro atoms. The standard InChI is InChI=1S/C14H20N2O3/c1-3-19-14(18)10(2)16-13(17)12-7-5-4-6-11(12)8-9-15/h4-7,10H,3,8-9,15H2,1-2H3,(H,16,17). The Balaban J connectivity index is 2.75. The van der Waals surface area contributed by atoms with Gasteiger partial charge in [0.05, 0.1) is 6.61 Å². The van der Waals surface area contributed by atoms with Crippen LogP contribution < -0.4 is 11.1 Å². The van der Waals surface area contributed by atoms with E-state index in [-0.39, 0.29) is 5.91 Å². The van der Waals surface area contributed by atoms with Crippen molar-refractivity contribution in [3.05, 3.63) is 35.4 Å². The van der Waals surface area contributed by atoms with Crippen molar-refractivity contribution in [1.82, 2.24) is 5.32 Å². The summed E-state index contributed by atoms with van der Waals surface area (Å²) in [5.41, 5.74) is 6.93. The highest BCUT2D eigenvalue weighted by atomic mass is 16.5. The maximum Gasteiger partial charge on any atom is 0.328 e. The summed E-state index contributed by atoms with van der Waals surface area (Å²) in [6, 6.07) is 6.55. The molecule has 1 rings (SSSR count). The van der Waals surface area contributed by atoms with Crippen LogP contribution in [0.2, 0.25) is 0 Å². The SMILES string of the molecule is CCOC(=O)C(C)NC(=O)c1ccccc1CCN. The van der Waals surface area contributed by atoms with E-state index >= 15 is 0 Å². The van der Waals surface area contributed by atoms with Crippen molar-refractivity contribution < 1.29 is 14.3 Å². The number of benzene rings is 1. The maximum absolute atomic E-state index is 12.1. The highest BCUT2D eigenvalue weighted by Crippen LogP contribution is 2.09. The Morgan fingerprint density at radius 3 is 2.68 bits per heavy atom. The molecule has 5 heteroatoms. The molecule has 104 valence electrons. The summed E-state index contributed by atoms with van der Waals surface area (Å²) in [6.45, 7) is 4.09. The zero-order valence-corrected chi connectivity index (χ0v) is 11.3. The van der Waals surface area contributed by atoms with Crippen molar-refractivity contribution in [1.29, 1.82) is 0 Å². The van der Waals surface area contributed by atoms with Crippen LogP contribution in [-0.4, -0.2) is 31.1 Å². The van der Waals surface area contributed by atoms with Crippen LogP contribution in [-0.2, 0) is 16.0 Å². The molecule has 0 aliphatic carbocycles. The van der Waals surface area contributed by atoms with E-state index in [1.165, 1.54) is 0 Å². The molecule has 0 radical (unpaired) electrons. The normalized spacial score (nSPS) is 11.7. The molecule has 19 heavy (non-hydrogen) atoms. The van der Waals surface area contributed by atoms with Gasteiger partial charge in [-0.15, -0.1) is 0 Å². The Morgan fingerprint density at radius 1 is 1.37 bits per heavy atom. The summed E-state index contributed by atoms with van der Waals surface area (Å²) < 4.78 is 4.84. The first kappa shape index (κ1) is 15.2. The molecule has 1 unspecified atom stereocenters. The largest absolute Gasteiger partial charge is 0.464 e. The Morgan fingerprint density at radius 2 is 2.05 bits per heavy atom. The molecule has 1 aromatic carbocycles. The molecule has 5 nitrogen and oxygen atoms in total. The van der Waals surface area contributed by atoms with E-state index in [0.29, 0.717) is 25.1 Å². The number of rotatable bonds is 6. The molecule has 1 aromatic rings. The predicted octanol–water partition coefficient (Wildman–Crippen LogP) is 0.869. The summed E-state index contributed by atoms with van der Waals surface area (Å²) in [6.07, 6.45) is 0.622. The van der Waals surface area contributed by atoms with Crippen molar-refractivity contribution in [2.45, 2.75) is 26.3 Å². The topological polar surface area (TPSA) is 81.4 Å². The van der Waals surface area contributed by atoms with E-state index in [0.717, 1.165) is 5.56 Å². The Bertz CT molecular complexity index is 446. The van der Waals surface area contributed by atoms with Gasteiger partial charge in [-0.05, 0) is 38.4 Å². The molecule has 0 fully saturated rings. The van der Waals surface area contributed by atoms with Crippen LogP contribution in [0.5, 0.6) is 0 Å². The highest BCUT2D eigenvalue weighted by molar-refractivity contribution is 5.97. The molecular formula is C14H20N2O3. The van der Waals surface area contributed by atoms with E-state index < -0.39 is 12.0 Å². The minimum atomic E-state index is -0.668. The summed E-state index contributed by atoms with van der Waals surface area (Å²) in [4.78, 5) is 23.6. The van der Waals surface area contributed by atoms with Gasteiger partial charge >= 0.3 is 5.97 Å². The molecule has 0 bridgehead atoms. The fourth-order valence-corrected chi connectivity index (χ4v) is 1.72. The number of ether oxygens (including phenoxy) is 1. The maximum atomic E-state index is 12.1. The lowest BCUT2D eigenvalue weighted by Gasteiger charge is -2.14. The van der Waals surface area contributed by atoms with E-state index in [9.17, 15) is 9.59 Å². The van der Waals surface area contributed by atoms with Crippen molar-refractivity contribution in [3.63, 3.8) is 0 Å². The molecular weight excluding hydrogens is 244 g/mol. The molecule has 0 saturated heterocycles. The van der Waals surface area contributed by atoms with Gasteiger partial charge in [-0.25, -0.2) is 4.79 Å². The van der Waals surface area contributed by atoms with Crippen molar-refractivity contribution in [2.24, 2.45) is 5.73 Å². The zero-order valence-electron chi connectivity index (χ0n) is 11.3. The molecule has 3 N–H and O–H groups in total. The van der Waals surface area contributed by atoms with Crippen LogP contribution in [0.3, 0.4) is 0 Å². The van der Waals surface area contributed by atoms with Crippen molar-refractivity contribution in [2.75, 3.05) is 13.2 Å². The summed E-state index contributed by atoms with van der Waals surface area (Å²) >= 11 is 0. The zero-order chi connectivity index (χ0) is 14.3. The van der Waals surface area contributed by atoms with Crippen LogP contribution in [0, 0.1) is 0 Å². The highest BCUT2D eigenvalue weighted by Gasteiger charge is 2.18. The third-order valence-electron chi connectivity index (χ3n) is 2.66. The average molecular weight is 264 g/mol. The number of hydrogen-bond acceptors (Lipinski definition) is 4. The third-order valence-corrected chi connectivity index (χ3v) is 2.66. The van der Waals surface area contributed by atoms with E-state index in [1.54, 1.807) is 26.0 Å². The van der Waals surface area contributed by atoms with Gasteiger partial charge in [0.2, 0.25) is 0 Å². The fraction of sp³-hybridized carbons (Fsp3) is 0.429. The smallest absolute Gasteiger partial charge is 0.328 e. The van der Waals surface area contributed by atoms with Gasteiger partial charge < -0.3 is 15.8 Å². The Hall–Kier alpha value is -1.88. The molecule has 0 aromatic heterocycles. The third kappa shape index (κ3) is 4.37. The lowest BCUT2D eigenvalue weighted by atomic mass is 10.0. The monoisotopic (exact) mass is 264 g/mol. The number of amides is 1. The van der Waals surface area contributed by atoms with Crippen molar-refractivity contribution in [3.8, 4) is 0 Å². The molecule has 0 aliphatic rings. The first-order chi connectivity index (χ1) is 9.10. The van der Waals surface area contributed by atoms with Crippen LogP contribution in [0.1, 0.15) is 29.8 Å². The average Bonchev–Trinajstić information content (AvgIpc) is 2.39. The summed E-state index contributed by atoms with van der Waals surface area (Å²) in [7, 11) is 0. The number of esters is 1. The first-order valence-electron chi connectivity index (χ1n) is 6.35. The quantitative estimate of drug-likeness (QED) is 0.747. The van der Waals surface area contributed by atoms with Gasteiger partial charge in [0.25, 0.3) is 5.91 Å². The molecule has 0 aliphatic heterocycles. The number of carbonyl (C=O) groups excluding carboxylic acids is 2. The number of nitrogens with one attached hydrogen (secondary N) is 1. The second-order valence-electron chi connectivity index (χ2n) is 4.14. The fourth-order valence-electron chi connectivity index (χ4n) is 1.72. The van der Waals surface area contributed by atoms with Crippen LogP contribution >= 0.6 is 0 Å². The van der Waals surface area contributed by atoms with Gasteiger partial charge in [-0.2, -0.15) is 0 Å². The Labute approximate surface area is 113 Å². The molecule has 0 heterocycles. The minimum Gasteiger partial charge on any atom is -0.464 e. The molecule has 1 atom stereocenters. The van der Waals surface area contributed by atoms with Gasteiger partial charge in [-0.1, -0.05) is 18.2 Å². The van der Waals surface area contributed by atoms with Crippen molar-refractivity contribution >= 4 is 11.9 Å². The lowest BCUT2D eigenvalue weighted by molar-refractivity contribution is -0.144. The molecule has 0 saturated carbocycles. The predicted molar refractivity (Wildman–Crippen MR) is 72.8 cm³/mol. The van der Waals surface area contributed by atoms with E-state index in [4.69, 9.17) is 10.5 Å². The first-order valence-corrected chi connectivity index (χ1v) is 6.35. The van der Waals surface area contributed by atoms with Gasteiger partial charge in [0, 0.05) is 5.56 Å². The van der Waals surface area contributed by atoms with Gasteiger partial charge in [0.1, 0.15) is 6.04 Å². The minimum absolute atomic E-state index is 0.287. The van der Waals surface area contributed by atoms with E-state index in [1.807, 2.05) is 12.1 Å². The summed E-state index contributed by atoms with van der Waals surface area (Å²) in [5, 5.41) is 2.63. The van der Waals surface area contributed by atoms with Gasteiger partial charge in [-0.3, -0.25) is 4.79 Å². The van der Waals surface area contributed by atoms with Gasteiger partial charge in [0.15, 0.2) is 0 Å². The van der Waals surface area contributed by atoms with Crippen LogP contribution in [0.15, 0.2) is 24.3 Å². The second-order valence-corrected chi connectivity index (χ2v) is 4.14. The lowest BCUT2D eigenvalue weighted by Crippen LogP contribution is -2.40. The Kier molecular flexibility index (Phi) is 6.02. The number of hydrogen-bond donors (Lipinski definition) is 2. The number of carbonyl (C=O) groups is 2. The van der Waals surface area contributed by atoms with Crippen LogP contribution in [0.4, 0.5) is 0 Å². The second kappa shape index (κ2) is 7.53. The van der Waals surface area contributed by atoms with Crippen LogP contribution in [0.25, 0.3) is 0 Å². The van der Waals surface area contributed by atoms with E-state index in [2.05, 4.69) is 5.32 Å². The number of nitrogens with two attached hydrogens (primary N) is 1. The summed E-state index contributed by atoms with van der Waals surface area (Å²) in [5.74, 6) is -0.725.